The molecule has 0 unspecified atom stereocenters. The maximum absolute atomic E-state index is 13.9. The zero-order chi connectivity index (χ0) is 13.7. The van der Waals surface area contributed by atoms with E-state index in [0.717, 1.165) is 0 Å². The van der Waals surface area contributed by atoms with Crippen LogP contribution in [-0.4, -0.2) is 16.8 Å². The van der Waals surface area contributed by atoms with Gasteiger partial charge in [-0.05, 0) is 6.07 Å². The van der Waals surface area contributed by atoms with Gasteiger partial charge >= 0.3 is 0 Å². The van der Waals surface area contributed by atoms with Crippen molar-refractivity contribution in [1.82, 2.24) is 0 Å². The molecule has 3 heteroatoms. The maximum atomic E-state index is 13.9. The van der Waals surface area contributed by atoms with Gasteiger partial charge in [-0.2, -0.15) is 0 Å². The molecule has 0 spiro atoms. The summed E-state index contributed by atoms with van der Waals surface area (Å²) in [5.41, 5.74) is -1.24. The highest BCUT2D eigenvalue weighted by atomic mass is 19.1. The van der Waals surface area contributed by atoms with Crippen molar-refractivity contribution >= 4 is 0 Å². The summed E-state index contributed by atoms with van der Waals surface area (Å²) in [5, 5.41) is 19.6. The smallest absolute Gasteiger partial charge is 0.179 e. The average molecular weight is 256 g/mol. The first kappa shape index (κ1) is 13.3. The van der Waals surface area contributed by atoms with Gasteiger partial charge < -0.3 is 10.2 Å². The number of hydrogen-bond donors (Lipinski definition) is 2. The summed E-state index contributed by atoms with van der Waals surface area (Å²) in [6, 6.07) is 14.5. The first-order valence-electron chi connectivity index (χ1n) is 5.82. The van der Waals surface area contributed by atoms with Crippen LogP contribution in [0.25, 0.3) is 0 Å². The molecule has 0 bridgehead atoms. The van der Waals surface area contributed by atoms with Gasteiger partial charge in [-0.15, -0.1) is 0 Å². The average Bonchev–Trinajstić information content (AvgIpc) is 2.46. The molecule has 19 heavy (non-hydrogen) atoms. The van der Waals surface area contributed by atoms with Crippen molar-refractivity contribution in [3.05, 3.63) is 71.5 Å². The summed E-state index contributed by atoms with van der Waals surface area (Å²) in [5.74, 6) is 4.40. The van der Waals surface area contributed by atoms with Gasteiger partial charge in [-0.25, -0.2) is 4.39 Å². The topological polar surface area (TPSA) is 40.5 Å². The Morgan fingerprint density at radius 2 is 1.63 bits per heavy atom. The first-order valence-corrected chi connectivity index (χ1v) is 5.82. The van der Waals surface area contributed by atoms with E-state index in [1.54, 1.807) is 42.5 Å². The molecular formula is C16H13FO2. The van der Waals surface area contributed by atoms with Crippen molar-refractivity contribution in [3.63, 3.8) is 0 Å². The van der Waals surface area contributed by atoms with Crippen molar-refractivity contribution in [1.29, 1.82) is 0 Å². The summed E-state index contributed by atoms with van der Waals surface area (Å²) < 4.78 is 13.9. The maximum Gasteiger partial charge on any atom is 0.179 e. The zero-order valence-corrected chi connectivity index (χ0v) is 10.2. The lowest BCUT2D eigenvalue weighted by Crippen LogP contribution is -2.26. The molecule has 0 heterocycles. The molecule has 2 nitrogen and oxygen atoms in total. The first-order chi connectivity index (χ1) is 9.18. The van der Waals surface area contributed by atoms with E-state index < -0.39 is 18.0 Å². The van der Waals surface area contributed by atoms with E-state index >= 15 is 0 Å². The summed E-state index contributed by atoms with van der Waals surface area (Å²) in [7, 11) is 0. The van der Waals surface area contributed by atoms with Gasteiger partial charge in [0.1, 0.15) is 12.4 Å². The standard InChI is InChI=1S/C16H13FO2/c17-15-10-5-4-9-14(15)16(19,11-6-12-18)13-7-2-1-3-8-13/h1-5,7-10,18-19H,12H2/t16-/m0/s1. The van der Waals surface area contributed by atoms with Crippen molar-refractivity contribution in [2.75, 3.05) is 6.61 Å². The number of rotatable bonds is 2. The Balaban J connectivity index is 2.63. The number of hydrogen-bond acceptors (Lipinski definition) is 2. The number of halogens is 1. The predicted octanol–water partition coefficient (Wildman–Crippen LogP) is 2.06. The Bertz CT molecular complexity index is 613. The Labute approximate surface area is 111 Å². The Kier molecular flexibility index (Phi) is 3.96. The highest BCUT2D eigenvalue weighted by Gasteiger charge is 2.31. The molecule has 96 valence electrons. The lowest BCUT2D eigenvalue weighted by Gasteiger charge is -2.23. The summed E-state index contributed by atoms with van der Waals surface area (Å²) in [4.78, 5) is 0. The highest BCUT2D eigenvalue weighted by Crippen LogP contribution is 2.30. The lowest BCUT2D eigenvalue weighted by molar-refractivity contribution is 0.140. The fourth-order valence-corrected chi connectivity index (χ4v) is 1.90. The normalized spacial score (nSPS) is 13.2. The van der Waals surface area contributed by atoms with Gasteiger partial charge in [0, 0.05) is 11.1 Å². The zero-order valence-electron chi connectivity index (χ0n) is 10.2. The van der Waals surface area contributed by atoms with E-state index in [9.17, 15) is 9.50 Å². The summed E-state index contributed by atoms with van der Waals surface area (Å²) in [6.45, 7) is -0.399. The number of aliphatic hydroxyl groups excluding tert-OH is 1. The molecule has 2 aromatic rings. The molecule has 0 aliphatic rings. The monoisotopic (exact) mass is 256 g/mol. The van der Waals surface area contributed by atoms with Gasteiger partial charge in [-0.3, -0.25) is 0 Å². The molecule has 0 aromatic heterocycles. The Morgan fingerprint density at radius 1 is 1.00 bits per heavy atom. The minimum atomic E-state index is -1.77. The van der Waals surface area contributed by atoms with Crippen LogP contribution in [0.1, 0.15) is 11.1 Å². The molecule has 1 atom stereocenters. The van der Waals surface area contributed by atoms with E-state index in [2.05, 4.69) is 11.8 Å². The van der Waals surface area contributed by atoms with Crippen LogP contribution in [0, 0.1) is 17.7 Å². The molecule has 2 rings (SSSR count). The Morgan fingerprint density at radius 3 is 2.26 bits per heavy atom. The minimum Gasteiger partial charge on any atom is -0.384 e. The molecular weight excluding hydrogens is 243 g/mol. The van der Waals surface area contributed by atoms with Crippen molar-refractivity contribution in [3.8, 4) is 11.8 Å². The largest absolute Gasteiger partial charge is 0.384 e. The third kappa shape index (κ3) is 2.65. The van der Waals surface area contributed by atoms with E-state index in [1.807, 2.05) is 0 Å². The SMILES string of the molecule is OCC#C[C@](O)(c1ccccc1)c1ccccc1F. The predicted molar refractivity (Wildman–Crippen MR) is 70.7 cm³/mol. The fourth-order valence-electron chi connectivity index (χ4n) is 1.90. The molecule has 0 fully saturated rings. The van der Waals surface area contributed by atoms with Gasteiger partial charge in [0.15, 0.2) is 5.60 Å². The quantitative estimate of drug-likeness (QED) is 0.807. The van der Waals surface area contributed by atoms with Crippen LogP contribution in [0.2, 0.25) is 0 Å². The molecule has 2 aromatic carbocycles. The molecule has 0 saturated carbocycles. The molecule has 0 amide bonds. The van der Waals surface area contributed by atoms with Crippen molar-refractivity contribution < 1.29 is 14.6 Å². The fraction of sp³-hybridized carbons (Fsp3) is 0.125. The second kappa shape index (κ2) is 5.66. The molecule has 0 aliphatic heterocycles. The van der Waals surface area contributed by atoms with Crippen LogP contribution in [0.3, 0.4) is 0 Å². The molecule has 0 radical (unpaired) electrons. The summed E-state index contributed by atoms with van der Waals surface area (Å²) in [6.07, 6.45) is 0. The van der Waals surface area contributed by atoms with Crippen LogP contribution < -0.4 is 0 Å². The van der Waals surface area contributed by atoms with E-state index in [1.165, 1.54) is 12.1 Å². The minimum absolute atomic E-state index is 0.0714. The summed E-state index contributed by atoms with van der Waals surface area (Å²) >= 11 is 0. The van der Waals surface area contributed by atoms with Crippen LogP contribution in [0.15, 0.2) is 54.6 Å². The van der Waals surface area contributed by atoms with E-state index in [-0.39, 0.29) is 5.56 Å². The van der Waals surface area contributed by atoms with Crippen molar-refractivity contribution in [2.45, 2.75) is 5.60 Å². The molecule has 0 aliphatic carbocycles. The van der Waals surface area contributed by atoms with E-state index in [0.29, 0.717) is 5.56 Å². The van der Waals surface area contributed by atoms with Crippen LogP contribution >= 0.6 is 0 Å². The van der Waals surface area contributed by atoms with Crippen LogP contribution in [-0.2, 0) is 5.60 Å². The third-order valence-corrected chi connectivity index (χ3v) is 2.80. The second-order valence-corrected chi connectivity index (χ2v) is 4.02. The van der Waals surface area contributed by atoms with Gasteiger partial charge in [0.25, 0.3) is 0 Å². The third-order valence-electron chi connectivity index (χ3n) is 2.80. The van der Waals surface area contributed by atoms with Gasteiger partial charge in [-0.1, -0.05) is 60.4 Å². The van der Waals surface area contributed by atoms with E-state index in [4.69, 9.17) is 5.11 Å². The molecule has 0 saturated heterocycles. The van der Waals surface area contributed by atoms with Gasteiger partial charge in [0.2, 0.25) is 0 Å². The molecule has 2 N–H and O–H groups in total. The van der Waals surface area contributed by atoms with Crippen LogP contribution in [0.4, 0.5) is 4.39 Å². The van der Waals surface area contributed by atoms with Crippen molar-refractivity contribution in [2.24, 2.45) is 0 Å². The van der Waals surface area contributed by atoms with Gasteiger partial charge in [0.05, 0.1) is 0 Å². The Hall–Kier alpha value is -2.15. The number of aliphatic hydroxyl groups is 2. The lowest BCUT2D eigenvalue weighted by atomic mass is 9.86. The highest BCUT2D eigenvalue weighted by molar-refractivity contribution is 5.44. The van der Waals surface area contributed by atoms with Crippen LogP contribution in [0.5, 0.6) is 0 Å². The second-order valence-electron chi connectivity index (χ2n) is 4.02. The number of benzene rings is 2.